The molecule has 0 atom stereocenters. The van der Waals surface area contributed by atoms with Crippen molar-refractivity contribution in [1.82, 2.24) is 4.90 Å². The highest BCUT2D eigenvalue weighted by atomic mass is 16.2. The fourth-order valence-electron chi connectivity index (χ4n) is 4.23. The summed E-state index contributed by atoms with van der Waals surface area (Å²) in [6.45, 7) is 1.62. The van der Waals surface area contributed by atoms with Crippen LogP contribution in [0.4, 0.5) is 17.1 Å². The number of aryl methyl sites for hydroxylation is 1. The zero-order valence-corrected chi connectivity index (χ0v) is 20.3. The molecule has 7 heteroatoms. The van der Waals surface area contributed by atoms with E-state index in [1.807, 2.05) is 53.4 Å². The number of likely N-dealkylation sites (tertiary alicyclic amines) is 1. The van der Waals surface area contributed by atoms with Crippen LogP contribution in [0, 0.1) is 0 Å². The lowest BCUT2D eigenvalue weighted by atomic mass is 10.1. The van der Waals surface area contributed by atoms with Crippen LogP contribution in [0.25, 0.3) is 0 Å². The minimum Gasteiger partial charge on any atom is -0.376 e. The van der Waals surface area contributed by atoms with Crippen LogP contribution in [0.2, 0.25) is 0 Å². The lowest BCUT2D eigenvalue weighted by Crippen LogP contribution is -2.35. The van der Waals surface area contributed by atoms with Crippen LogP contribution in [0.5, 0.6) is 0 Å². The average molecular weight is 485 g/mol. The van der Waals surface area contributed by atoms with Crippen LogP contribution >= 0.6 is 0 Å². The minimum atomic E-state index is -0.227. The molecule has 1 saturated heterocycles. The standard InChI is InChI=1S/C29H32N4O3/c34-27(16-15-22-9-3-1-4-10-22)31-26-14-8-12-24(20-26)30-21-28(35)32-25-13-7-11-23(19-25)29(36)33-17-5-2-6-18-33/h1,3-4,7-14,19-20,30H,2,5-6,15-18,21H2,(H,31,34)(H,32,35). The van der Waals surface area contributed by atoms with E-state index in [1.165, 1.54) is 0 Å². The van der Waals surface area contributed by atoms with Gasteiger partial charge in [-0.15, -0.1) is 0 Å². The molecule has 3 aromatic rings. The van der Waals surface area contributed by atoms with E-state index in [0.29, 0.717) is 29.8 Å². The molecule has 3 amide bonds. The van der Waals surface area contributed by atoms with Gasteiger partial charge < -0.3 is 20.9 Å². The Morgan fingerprint density at radius 1 is 0.694 bits per heavy atom. The maximum absolute atomic E-state index is 12.7. The van der Waals surface area contributed by atoms with Crippen molar-refractivity contribution in [2.24, 2.45) is 0 Å². The molecule has 1 aliphatic rings. The van der Waals surface area contributed by atoms with Crippen LogP contribution in [0.1, 0.15) is 41.6 Å². The Kier molecular flexibility index (Phi) is 8.70. The van der Waals surface area contributed by atoms with Gasteiger partial charge in [-0.25, -0.2) is 0 Å². The molecule has 3 N–H and O–H groups in total. The second-order valence-corrected chi connectivity index (χ2v) is 8.95. The first kappa shape index (κ1) is 25.0. The maximum atomic E-state index is 12.7. The second kappa shape index (κ2) is 12.5. The molecular formula is C29H32N4O3. The van der Waals surface area contributed by atoms with Gasteiger partial charge in [0.25, 0.3) is 5.91 Å². The van der Waals surface area contributed by atoms with E-state index in [1.54, 1.807) is 30.3 Å². The van der Waals surface area contributed by atoms with Crippen molar-refractivity contribution >= 4 is 34.8 Å². The Morgan fingerprint density at radius 2 is 1.36 bits per heavy atom. The molecule has 0 bridgehead atoms. The Morgan fingerprint density at radius 3 is 2.14 bits per heavy atom. The minimum absolute atomic E-state index is 0.00607. The predicted octanol–water partition coefficient (Wildman–Crippen LogP) is 4.93. The SMILES string of the molecule is O=C(CCc1ccccc1)Nc1cccc(NCC(=O)Nc2cccc(C(=O)N3CCCCC3)c2)c1. The van der Waals surface area contributed by atoms with Gasteiger partial charge in [-0.3, -0.25) is 14.4 Å². The molecular weight excluding hydrogens is 452 g/mol. The van der Waals surface area contributed by atoms with Crippen molar-refractivity contribution < 1.29 is 14.4 Å². The molecule has 0 spiro atoms. The number of nitrogens with one attached hydrogen (secondary N) is 3. The van der Waals surface area contributed by atoms with Gasteiger partial charge in [-0.1, -0.05) is 42.5 Å². The van der Waals surface area contributed by atoms with E-state index in [9.17, 15) is 14.4 Å². The summed E-state index contributed by atoms with van der Waals surface area (Å²) < 4.78 is 0. The van der Waals surface area contributed by atoms with E-state index in [2.05, 4.69) is 16.0 Å². The monoisotopic (exact) mass is 484 g/mol. The Balaban J connectivity index is 1.25. The molecule has 1 heterocycles. The van der Waals surface area contributed by atoms with E-state index < -0.39 is 0 Å². The zero-order valence-electron chi connectivity index (χ0n) is 20.3. The van der Waals surface area contributed by atoms with Crippen molar-refractivity contribution in [2.45, 2.75) is 32.1 Å². The van der Waals surface area contributed by atoms with Gasteiger partial charge in [-0.2, -0.15) is 0 Å². The summed E-state index contributed by atoms with van der Waals surface area (Å²) in [5.41, 5.74) is 3.68. The van der Waals surface area contributed by atoms with E-state index in [4.69, 9.17) is 0 Å². The summed E-state index contributed by atoms with van der Waals surface area (Å²) in [6.07, 6.45) is 4.30. The van der Waals surface area contributed by atoms with Gasteiger partial charge in [-0.05, 0) is 67.6 Å². The van der Waals surface area contributed by atoms with Crippen molar-refractivity contribution in [3.05, 3.63) is 90.0 Å². The first-order chi connectivity index (χ1) is 17.6. The number of nitrogens with zero attached hydrogens (tertiary/aromatic N) is 1. The van der Waals surface area contributed by atoms with Crippen LogP contribution in [-0.4, -0.2) is 42.3 Å². The summed E-state index contributed by atoms with van der Waals surface area (Å²) in [5, 5.41) is 8.84. The fraction of sp³-hybridized carbons (Fsp3) is 0.276. The summed E-state index contributed by atoms with van der Waals surface area (Å²) in [5.74, 6) is -0.283. The second-order valence-electron chi connectivity index (χ2n) is 8.95. The van der Waals surface area contributed by atoms with Gasteiger partial charge in [0.15, 0.2) is 0 Å². The molecule has 0 aliphatic carbocycles. The summed E-state index contributed by atoms with van der Waals surface area (Å²) in [7, 11) is 0. The molecule has 0 unspecified atom stereocenters. The van der Waals surface area contributed by atoms with Crippen molar-refractivity contribution in [3.8, 4) is 0 Å². The summed E-state index contributed by atoms with van der Waals surface area (Å²) in [4.78, 5) is 39.4. The first-order valence-corrected chi connectivity index (χ1v) is 12.4. The third-order valence-corrected chi connectivity index (χ3v) is 6.12. The molecule has 1 fully saturated rings. The van der Waals surface area contributed by atoms with Gasteiger partial charge in [0.2, 0.25) is 11.8 Å². The number of hydrogen-bond acceptors (Lipinski definition) is 4. The largest absolute Gasteiger partial charge is 0.376 e. The first-order valence-electron chi connectivity index (χ1n) is 12.4. The lowest BCUT2D eigenvalue weighted by Gasteiger charge is -2.26. The Bertz CT molecular complexity index is 1190. The number of amides is 3. The van der Waals surface area contributed by atoms with Crippen molar-refractivity contribution in [2.75, 3.05) is 35.6 Å². The summed E-state index contributed by atoms with van der Waals surface area (Å²) >= 11 is 0. The molecule has 186 valence electrons. The number of piperidine rings is 1. The molecule has 3 aromatic carbocycles. The van der Waals surface area contributed by atoms with Crippen LogP contribution in [-0.2, 0) is 16.0 Å². The zero-order chi connectivity index (χ0) is 25.2. The van der Waals surface area contributed by atoms with E-state index in [0.717, 1.165) is 43.6 Å². The topological polar surface area (TPSA) is 90.5 Å². The maximum Gasteiger partial charge on any atom is 0.253 e. The Hall–Kier alpha value is -4.13. The number of hydrogen-bond donors (Lipinski definition) is 3. The average Bonchev–Trinajstić information content (AvgIpc) is 2.92. The molecule has 7 nitrogen and oxygen atoms in total. The van der Waals surface area contributed by atoms with Crippen LogP contribution in [0.3, 0.4) is 0 Å². The lowest BCUT2D eigenvalue weighted by molar-refractivity contribution is -0.116. The highest BCUT2D eigenvalue weighted by molar-refractivity contribution is 5.98. The number of anilines is 3. The molecule has 0 radical (unpaired) electrons. The Labute approximate surface area is 211 Å². The van der Waals surface area contributed by atoms with Gasteiger partial charge in [0, 0.05) is 42.1 Å². The van der Waals surface area contributed by atoms with Gasteiger partial charge >= 0.3 is 0 Å². The quantitative estimate of drug-likeness (QED) is 0.402. The van der Waals surface area contributed by atoms with Crippen molar-refractivity contribution in [1.29, 1.82) is 0 Å². The molecule has 4 rings (SSSR count). The van der Waals surface area contributed by atoms with Gasteiger partial charge in [0.1, 0.15) is 0 Å². The highest BCUT2D eigenvalue weighted by Gasteiger charge is 2.18. The smallest absolute Gasteiger partial charge is 0.253 e. The normalized spacial score (nSPS) is 13.1. The predicted molar refractivity (Wildman–Crippen MR) is 143 cm³/mol. The van der Waals surface area contributed by atoms with E-state index >= 15 is 0 Å². The number of rotatable bonds is 9. The van der Waals surface area contributed by atoms with Crippen LogP contribution < -0.4 is 16.0 Å². The third-order valence-electron chi connectivity index (χ3n) is 6.12. The molecule has 1 aliphatic heterocycles. The molecule has 0 aromatic heterocycles. The molecule has 0 saturated carbocycles. The number of carbonyl (C=O) groups is 3. The van der Waals surface area contributed by atoms with Crippen LogP contribution in [0.15, 0.2) is 78.9 Å². The number of benzene rings is 3. The fourth-order valence-corrected chi connectivity index (χ4v) is 4.23. The van der Waals surface area contributed by atoms with Gasteiger partial charge in [0.05, 0.1) is 6.54 Å². The van der Waals surface area contributed by atoms with E-state index in [-0.39, 0.29) is 24.3 Å². The number of carbonyl (C=O) groups excluding carboxylic acids is 3. The summed E-state index contributed by atoms with van der Waals surface area (Å²) in [6, 6.07) is 24.2. The van der Waals surface area contributed by atoms with Crippen molar-refractivity contribution in [3.63, 3.8) is 0 Å². The molecule has 36 heavy (non-hydrogen) atoms. The highest BCUT2D eigenvalue weighted by Crippen LogP contribution is 2.18. The third kappa shape index (κ3) is 7.43.